The number of thioether (sulfide) groups is 3. The number of rotatable bonds is 11. The first-order valence-corrected chi connectivity index (χ1v) is 10.7. The van der Waals surface area contributed by atoms with Gasteiger partial charge < -0.3 is 18.9 Å². The van der Waals surface area contributed by atoms with Gasteiger partial charge in [-0.15, -0.1) is 35.3 Å². The van der Waals surface area contributed by atoms with E-state index in [1.165, 1.54) is 0 Å². The molecule has 1 aliphatic rings. The van der Waals surface area contributed by atoms with E-state index in [0.29, 0.717) is 19.8 Å². The van der Waals surface area contributed by atoms with E-state index in [9.17, 15) is 4.79 Å². The van der Waals surface area contributed by atoms with Crippen LogP contribution in [-0.4, -0.2) is 68.0 Å². The molecule has 1 heterocycles. The van der Waals surface area contributed by atoms with Gasteiger partial charge in [-0.3, -0.25) is 4.79 Å². The maximum absolute atomic E-state index is 12.0. The average molecular weight is 371 g/mol. The molecule has 0 spiro atoms. The van der Waals surface area contributed by atoms with Crippen molar-refractivity contribution in [2.24, 2.45) is 11.8 Å². The second kappa shape index (κ2) is 10.3. The molecule has 0 aromatic carbocycles. The summed E-state index contributed by atoms with van der Waals surface area (Å²) >= 11 is 5.29. The van der Waals surface area contributed by atoms with Gasteiger partial charge in [0.25, 0.3) is 0 Å². The molecular formula is C14H26O5S3. The van der Waals surface area contributed by atoms with E-state index in [0.717, 1.165) is 0 Å². The Balaban J connectivity index is 2.61. The Morgan fingerprint density at radius 3 is 2.32 bits per heavy atom. The van der Waals surface area contributed by atoms with Crippen molar-refractivity contribution in [1.29, 1.82) is 0 Å². The third kappa shape index (κ3) is 4.95. The quantitative estimate of drug-likeness (QED) is 0.312. The lowest BCUT2D eigenvalue weighted by molar-refractivity contribution is -0.148. The SMILES string of the molecule is COCCOCOC[C@H]1OC(=O)[C@@H](C)[C@@H]1C(SC)(SC)SC. The highest BCUT2D eigenvalue weighted by atomic mass is 32.3. The lowest BCUT2D eigenvalue weighted by Crippen LogP contribution is -2.39. The van der Waals surface area contributed by atoms with Crippen LogP contribution in [0.4, 0.5) is 0 Å². The summed E-state index contributed by atoms with van der Waals surface area (Å²) in [4.78, 5) is 12.0. The Labute approximate surface area is 145 Å². The zero-order valence-corrected chi connectivity index (χ0v) is 16.3. The molecule has 0 amide bonds. The third-order valence-corrected chi connectivity index (χ3v) is 9.24. The van der Waals surface area contributed by atoms with Crippen molar-refractivity contribution in [2.45, 2.75) is 16.4 Å². The zero-order valence-electron chi connectivity index (χ0n) is 13.8. The predicted octanol–water partition coefficient (Wildman–Crippen LogP) is 2.54. The van der Waals surface area contributed by atoms with Crippen LogP contribution in [0.15, 0.2) is 0 Å². The highest BCUT2D eigenvalue weighted by molar-refractivity contribution is 8.33. The number of esters is 1. The molecule has 0 unspecified atom stereocenters. The van der Waals surface area contributed by atoms with Gasteiger partial charge in [-0.2, -0.15) is 0 Å². The van der Waals surface area contributed by atoms with Crippen LogP contribution >= 0.6 is 35.3 Å². The topological polar surface area (TPSA) is 54.0 Å². The number of ether oxygens (including phenoxy) is 4. The first-order valence-electron chi connectivity index (χ1n) is 7.06. The van der Waals surface area contributed by atoms with Crippen molar-refractivity contribution in [3.63, 3.8) is 0 Å². The molecular weight excluding hydrogens is 344 g/mol. The van der Waals surface area contributed by atoms with Crippen LogP contribution in [0.1, 0.15) is 6.92 Å². The molecule has 3 atom stereocenters. The van der Waals surface area contributed by atoms with Gasteiger partial charge >= 0.3 is 5.97 Å². The van der Waals surface area contributed by atoms with E-state index < -0.39 is 0 Å². The summed E-state index contributed by atoms with van der Waals surface area (Å²) in [5, 5.41) is 0. The molecule has 0 saturated carbocycles. The van der Waals surface area contributed by atoms with Gasteiger partial charge in [0.2, 0.25) is 0 Å². The maximum atomic E-state index is 12.0. The van der Waals surface area contributed by atoms with Crippen molar-refractivity contribution >= 4 is 41.3 Å². The molecule has 22 heavy (non-hydrogen) atoms. The van der Waals surface area contributed by atoms with Crippen molar-refractivity contribution in [2.75, 3.05) is 52.5 Å². The normalized spacial score (nSPS) is 25.5. The minimum Gasteiger partial charge on any atom is -0.459 e. The number of cyclic esters (lactones) is 1. The van der Waals surface area contributed by atoms with Crippen molar-refractivity contribution in [1.82, 2.24) is 0 Å². The molecule has 1 rings (SSSR count). The van der Waals surface area contributed by atoms with Gasteiger partial charge in [-0.1, -0.05) is 6.92 Å². The standard InChI is InChI=1S/C14H26O5S3/c1-10-12(14(20-3,21-4)22-5)11(19-13(10)15)8-18-9-17-7-6-16-2/h10-12H,6-9H2,1-5H3/t10-,11+,12-/m0/s1. The summed E-state index contributed by atoms with van der Waals surface area (Å²) < 4.78 is 21.1. The van der Waals surface area contributed by atoms with Crippen LogP contribution in [0.5, 0.6) is 0 Å². The Hall–Kier alpha value is 0.400. The van der Waals surface area contributed by atoms with E-state index in [-0.39, 0.29) is 34.1 Å². The van der Waals surface area contributed by atoms with E-state index >= 15 is 0 Å². The third-order valence-electron chi connectivity index (χ3n) is 3.72. The summed E-state index contributed by atoms with van der Waals surface area (Å²) in [5.41, 5.74) is 0. The molecule has 0 aromatic heterocycles. The minimum atomic E-state index is -0.235. The van der Waals surface area contributed by atoms with Crippen molar-refractivity contribution < 1.29 is 23.7 Å². The molecule has 1 saturated heterocycles. The summed E-state index contributed by atoms with van der Waals surface area (Å²) in [6, 6.07) is 0. The monoisotopic (exact) mass is 370 g/mol. The molecule has 0 bridgehead atoms. The maximum Gasteiger partial charge on any atom is 0.309 e. The van der Waals surface area contributed by atoms with Gasteiger partial charge in [-0.25, -0.2) is 0 Å². The average Bonchev–Trinajstić information content (AvgIpc) is 2.81. The highest BCUT2D eigenvalue weighted by Crippen LogP contribution is 2.55. The Morgan fingerprint density at radius 2 is 1.77 bits per heavy atom. The molecule has 1 fully saturated rings. The number of methoxy groups -OCH3 is 1. The molecule has 8 heteroatoms. The van der Waals surface area contributed by atoms with Gasteiger partial charge in [0, 0.05) is 13.0 Å². The first-order chi connectivity index (χ1) is 10.6. The fourth-order valence-electron chi connectivity index (χ4n) is 2.55. The summed E-state index contributed by atoms with van der Waals surface area (Å²) in [6.45, 7) is 3.51. The van der Waals surface area contributed by atoms with Crippen LogP contribution in [0.25, 0.3) is 0 Å². The second-order valence-corrected chi connectivity index (χ2v) is 8.83. The summed E-state index contributed by atoms with van der Waals surface area (Å²) in [6.07, 6.45) is 6.00. The summed E-state index contributed by atoms with van der Waals surface area (Å²) in [7, 11) is 1.63. The fraction of sp³-hybridized carbons (Fsp3) is 0.929. The Bertz CT molecular complexity index is 330. The molecule has 1 aliphatic heterocycles. The van der Waals surface area contributed by atoms with Crippen LogP contribution < -0.4 is 0 Å². The molecule has 5 nitrogen and oxygen atoms in total. The fourth-order valence-corrected chi connectivity index (χ4v) is 6.44. The van der Waals surface area contributed by atoms with E-state index in [4.69, 9.17) is 18.9 Å². The molecule has 130 valence electrons. The number of hydrogen-bond donors (Lipinski definition) is 0. The van der Waals surface area contributed by atoms with E-state index in [1.807, 2.05) is 6.92 Å². The lowest BCUT2D eigenvalue weighted by atomic mass is 9.93. The first kappa shape index (κ1) is 20.4. The van der Waals surface area contributed by atoms with Gasteiger partial charge in [-0.05, 0) is 18.8 Å². The molecule has 0 radical (unpaired) electrons. The van der Waals surface area contributed by atoms with Crippen LogP contribution in [-0.2, 0) is 23.7 Å². The Morgan fingerprint density at radius 1 is 1.14 bits per heavy atom. The number of carbonyl (C=O) groups is 1. The predicted molar refractivity (Wildman–Crippen MR) is 94.5 cm³/mol. The largest absolute Gasteiger partial charge is 0.459 e. The van der Waals surface area contributed by atoms with Crippen molar-refractivity contribution in [3.8, 4) is 0 Å². The number of hydrogen-bond acceptors (Lipinski definition) is 8. The van der Waals surface area contributed by atoms with E-state index in [2.05, 4.69) is 18.8 Å². The van der Waals surface area contributed by atoms with Gasteiger partial charge in [0.05, 0.1) is 25.7 Å². The minimum absolute atomic E-state index is 0.0963. The van der Waals surface area contributed by atoms with Gasteiger partial charge in [0.1, 0.15) is 16.3 Å². The number of carbonyl (C=O) groups excluding carboxylic acids is 1. The smallest absolute Gasteiger partial charge is 0.309 e. The highest BCUT2D eigenvalue weighted by Gasteiger charge is 2.53. The molecule has 0 aromatic rings. The molecule has 0 aliphatic carbocycles. The van der Waals surface area contributed by atoms with Crippen LogP contribution in [0, 0.1) is 11.8 Å². The van der Waals surface area contributed by atoms with Crippen LogP contribution in [0.3, 0.4) is 0 Å². The summed E-state index contributed by atoms with van der Waals surface area (Å²) in [5.74, 6) is -0.172. The zero-order chi connectivity index (χ0) is 16.6. The second-order valence-electron chi connectivity index (χ2n) is 4.90. The van der Waals surface area contributed by atoms with Crippen molar-refractivity contribution in [3.05, 3.63) is 0 Å². The molecule has 0 N–H and O–H groups in total. The Kier molecular flexibility index (Phi) is 9.57. The van der Waals surface area contributed by atoms with E-state index in [1.54, 1.807) is 42.4 Å². The van der Waals surface area contributed by atoms with Crippen LogP contribution in [0.2, 0.25) is 0 Å². The van der Waals surface area contributed by atoms with Gasteiger partial charge in [0.15, 0.2) is 0 Å². The lowest BCUT2D eigenvalue weighted by Gasteiger charge is -2.37.